The molecule has 2 aromatic heterocycles. The van der Waals surface area contributed by atoms with Crippen molar-refractivity contribution < 1.29 is 110 Å². The molecule has 116 heavy (non-hydrogen) atoms. The Labute approximate surface area is 673 Å². The number of halogens is 6. The quantitative estimate of drug-likeness (QED) is 0.0419. The molecule has 14 atom stereocenters. The number of hydrogen-bond donors (Lipinski definition) is 2. The summed E-state index contributed by atoms with van der Waals surface area (Å²) in [5.74, 6) is -8.68. The van der Waals surface area contributed by atoms with E-state index in [1.807, 2.05) is 101 Å². The first kappa shape index (κ1) is 88.4. The van der Waals surface area contributed by atoms with Crippen LogP contribution in [0, 0.1) is 58.2 Å². The summed E-state index contributed by atoms with van der Waals surface area (Å²) in [5, 5.41) is 1.43. The topological polar surface area (TPSA) is 317 Å². The average molecular weight is 1670 g/mol. The highest BCUT2D eigenvalue weighted by Crippen LogP contribution is 2.59. The largest absolute Gasteiger partial charge is 0.491 e. The van der Waals surface area contributed by atoms with Gasteiger partial charge in [-0.3, -0.25) is 47.8 Å². The Kier molecular flexibility index (Phi) is 26.9. The molecule has 2 aromatic carbocycles. The predicted octanol–water partition coefficient (Wildman–Crippen LogP) is 13.7. The van der Waals surface area contributed by atoms with E-state index in [9.17, 15) is 81.5 Å². The lowest BCUT2D eigenvalue weighted by molar-refractivity contribution is -0.257. The number of sulfonamides is 2. The first-order valence-electron chi connectivity index (χ1n) is 40.6. The minimum atomic E-state index is -4.86. The number of rotatable bonds is 22. The van der Waals surface area contributed by atoms with Crippen LogP contribution in [0.5, 0.6) is 23.3 Å². The van der Waals surface area contributed by atoms with Crippen molar-refractivity contribution in [2.75, 3.05) is 26.3 Å². The van der Waals surface area contributed by atoms with Crippen molar-refractivity contribution in [2.45, 2.75) is 256 Å². The fourth-order valence-corrected chi connectivity index (χ4v) is 19.3. The first-order chi connectivity index (χ1) is 54.5. The van der Waals surface area contributed by atoms with Crippen LogP contribution in [0.25, 0.3) is 21.5 Å². The van der Waals surface area contributed by atoms with E-state index in [2.05, 4.69) is 19.4 Å². The minimum Gasteiger partial charge on any atom is -0.491 e. The monoisotopic (exact) mass is 1670 g/mol. The number of amides is 4. The normalized spacial score (nSPS) is 29.1. The summed E-state index contributed by atoms with van der Waals surface area (Å²) in [4.78, 5) is 125. The van der Waals surface area contributed by atoms with Crippen molar-refractivity contribution in [1.82, 2.24) is 29.2 Å². The van der Waals surface area contributed by atoms with Gasteiger partial charge in [-0.05, 0) is 165 Å². The lowest BCUT2D eigenvalue weighted by Crippen LogP contribution is -2.48. The summed E-state index contributed by atoms with van der Waals surface area (Å²) in [6.45, 7) is 15.1. The van der Waals surface area contributed by atoms with Gasteiger partial charge in [-0.1, -0.05) is 102 Å². The molecule has 12 rings (SSSR count). The number of allylic oxidation sites excluding steroid dienone is 4. The molecule has 6 heterocycles. The molecule has 4 amide bonds. The molecular weight excluding hydrogens is 1560 g/mol. The van der Waals surface area contributed by atoms with E-state index < -0.39 is 185 Å². The van der Waals surface area contributed by atoms with Crippen molar-refractivity contribution in [3.05, 3.63) is 85.2 Å². The maximum Gasteiger partial charge on any atom is 0.427 e. The molecule has 636 valence electrons. The van der Waals surface area contributed by atoms with E-state index in [0.717, 1.165) is 51.3 Å². The average Bonchev–Trinajstić information content (AvgIpc) is 1.57. The number of carbonyl (C=O) groups is 8. The van der Waals surface area contributed by atoms with E-state index >= 15 is 0 Å². The van der Waals surface area contributed by atoms with Crippen molar-refractivity contribution in [3.8, 4) is 23.3 Å². The van der Waals surface area contributed by atoms with Gasteiger partial charge in [0, 0.05) is 47.2 Å². The summed E-state index contributed by atoms with van der Waals surface area (Å²) >= 11 is 0. The number of pyridine rings is 2. The molecule has 4 aromatic rings. The van der Waals surface area contributed by atoms with Gasteiger partial charge in [-0.15, -0.1) is 0 Å². The zero-order chi connectivity index (χ0) is 84.4. The Balaban J connectivity index is 0.000000228. The number of ether oxygens (including phenoxy) is 6. The molecule has 4 aliphatic carbocycles. The van der Waals surface area contributed by atoms with Gasteiger partial charge in [0.2, 0.25) is 66.6 Å². The molecule has 2 saturated heterocycles. The van der Waals surface area contributed by atoms with Crippen LogP contribution in [0.4, 0.5) is 26.3 Å². The number of fused-ring (bicyclic) bond motifs is 6. The standard InChI is InChI=1S/2C42H54F3N3O9S/c2*1-6-17-55-35-23-46-37(31-14-10-9-13-30(31)35)56-28-19-33-34(49)22-41(39(52)47-58(53,54)29-15-16-29)21-27(41)12-8-7-11-25(2)18-26(3)32(38(51)48(33)24-28)20-36(50)57-40(4,5)42(43,44)45/h2*8-10,12-14,23,25-29,32-33H,6-7,11,15-22,24H2,1-5H3,(H,47,52)/b2*12-8-/t2*25-,26+,27+,28+,32-,33-,41+/m00/s1. The lowest BCUT2D eigenvalue weighted by atomic mass is 9.82. The van der Waals surface area contributed by atoms with Crippen LogP contribution in [-0.2, 0) is 67.9 Å². The van der Waals surface area contributed by atoms with E-state index in [1.165, 1.54) is 9.80 Å². The molecule has 4 aliphatic heterocycles. The second-order valence-corrected chi connectivity index (χ2v) is 38.3. The summed E-state index contributed by atoms with van der Waals surface area (Å²) < 4.78 is 173. The number of alkyl halides is 6. The molecule has 0 bridgehead atoms. The third-order valence-electron chi connectivity index (χ3n) is 24.1. The zero-order valence-corrected chi connectivity index (χ0v) is 69.0. The first-order valence-corrected chi connectivity index (χ1v) is 43.6. The van der Waals surface area contributed by atoms with E-state index in [-0.39, 0.29) is 75.2 Å². The van der Waals surface area contributed by atoms with Crippen LogP contribution >= 0.6 is 0 Å². The molecule has 32 heteroatoms. The molecule has 0 spiro atoms. The summed E-state index contributed by atoms with van der Waals surface area (Å²) in [5.41, 5.74) is -8.34. The zero-order valence-electron chi connectivity index (χ0n) is 67.4. The fourth-order valence-electron chi connectivity index (χ4n) is 16.5. The van der Waals surface area contributed by atoms with Crippen LogP contribution < -0.4 is 28.4 Å². The summed E-state index contributed by atoms with van der Waals surface area (Å²) in [6, 6.07) is 12.3. The Morgan fingerprint density at radius 1 is 0.526 bits per heavy atom. The Hall–Kier alpha value is -8.42. The molecule has 2 N–H and O–H groups in total. The number of aromatic nitrogens is 2. The number of Topliss-reactive ketones (excluding diaryl/α,β-unsaturated/α-hetero) is 2. The molecule has 24 nitrogen and oxygen atoms in total. The third-order valence-corrected chi connectivity index (χ3v) is 27.8. The van der Waals surface area contributed by atoms with Crippen molar-refractivity contribution >= 4 is 88.7 Å². The minimum absolute atomic E-state index is 0.0176. The molecule has 4 saturated carbocycles. The lowest BCUT2D eigenvalue weighted by Gasteiger charge is -2.33. The van der Waals surface area contributed by atoms with Crippen LogP contribution in [-0.4, -0.2) is 168 Å². The smallest absolute Gasteiger partial charge is 0.427 e. The van der Waals surface area contributed by atoms with Crippen LogP contribution in [0.15, 0.2) is 85.2 Å². The highest BCUT2D eigenvalue weighted by molar-refractivity contribution is 7.91. The van der Waals surface area contributed by atoms with Gasteiger partial charge in [-0.25, -0.2) is 26.8 Å². The second kappa shape index (κ2) is 35.3. The van der Waals surface area contributed by atoms with Gasteiger partial charge in [0.05, 0.1) is 96.8 Å². The highest BCUT2D eigenvalue weighted by Gasteiger charge is 2.64. The Bertz CT molecular complexity index is 4360. The van der Waals surface area contributed by atoms with Gasteiger partial charge in [0.1, 0.15) is 23.7 Å². The Morgan fingerprint density at radius 3 is 1.22 bits per heavy atom. The third kappa shape index (κ3) is 20.5. The molecular formula is C84H108F6N6O18S2. The van der Waals surface area contributed by atoms with Gasteiger partial charge < -0.3 is 38.2 Å². The number of hydrogen-bond acceptors (Lipinski definition) is 20. The van der Waals surface area contributed by atoms with Gasteiger partial charge >= 0.3 is 24.3 Å². The van der Waals surface area contributed by atoms with Gasteiger partial charge in [-0.2, -0.15) is 26.3 Å². The van der Waals surface area contributed by atoms with E-state index in [0.29, 0.717) is 99.7 Å². The predicted molar refractivity (Wildman–Crippen MR) is 416 cm³/mol. The highest BCUT2D eigenvalue weighted by atomic mass is 32.2. The second-order valence-electron chi connectivity index (χ2n) is 34.4. The maximum absolute atomic E-state index is 14.8. The number of ketones is 2. The van der Waals surface area contributed by atoms with Gasteiger partial charge in [0.25, 0.3) is 0 Å². The number of nitrogens with zero attached hydrogens (tertiary/aromatic N) is 4. The van der Waals surface area contributed by atoms with Crippen molar-refractivity contribution in [2.24, 2.45) is 58.2 Å². The SMILES string of the molecule is CCCOc1cnc(O[C@@H]2C[C@H]3C(=O)C[C@]4(C(=O)NS(=O)(=O)C5CC5)C[C@H]4/C=C\CC[C@H](C)C[C@@H](C)[C@H](CC(=O)OC(C)(C)C(F)(F)F)C(=O)N3C2)c2ccccc12.CCCOc1cnc(O[C@@H]2C[C@H]3C(=O)C[C@]4(C(=O)NS(=O)(=O)C5CC5)C[C@H]4/C=C\CC[C@H](C)C[C@@H](C)[C@H](CC(=O)OC(C)(C)C(F)(F)F)C(=O)N3C2)c2ccccc12. The molecule has 0 radical (unpaired) electrons. The van der Waals surface area contributed by atoms with Crippen LogP contribution in [0.2, 0.25) is 0 Å². The van der Waals surface area contributed by atoms with Gasteiger partial charge in [0.15, 0.2) is 11.6 Å². The number of carbonyl (C=O) groups excluding carboxylic acids is 8. The van der Waals surface area contributed by atoms with Crippen LogP contribution in [0.3, 0.4) is 0 Å². The van der Waals surface area contributed by atoms with E-state index in [1.54, 1.807) is 26.2 Å². The molecule has 6 fully saturated rings. The number of nitrogens with one attached hydrogen (secondary N) is 2. The van der Waals surface area contributed by atoms with Crippen molar-refractivity contribution in [1.29, 1.82) is 0 Å². The summed E-state index contributed by atoms with van der Waals surface area (Å²) in [6.07, 6.45) is 4.47. The number of esters is 2. The van der Waals surface area contributed by atoms with E-state index in [4.69, 9.17) is 28.4 Å². The fraction of sp³-hybridized carbons (Fsp3) is 0.643. The molecule has 0 unspecified atom stereocenters. The maximum atomic E-state index is 14.8. The van der Waals surface area contributed by atoms with Crippen LogP contribution in [0.1, 0.15) is 198 Å². The molecule has 8 aliphatic rings. The summed E-state index contributed by atoms with van der Waals surface area (Å²) in [7, 11) is -7.86. The number of benzene rings is 2. The Morgan fingerprint density at radius 2 is 0.879 bits per heavy atom. The van der Waals surface area contributed by atoms with Crippen molar-refractivity contribution in [3.63, 3.8) is 0 Å².